The summed E-state index contributed by atoms with van der Waals surface area (Å²) >= 11 is 0. The minimum absolute atomic E-state index is 0.320. The highest BCUT2D eigenvalue weighted by atomic mass is 16.5. The molecule has 0 aromatic carbocycles. The largest absolute Gasteiger partial charge is 0.481 e. The first-order chi connectivity index (χ1) is 11.7. The minimum atomic E-state index is -0.828. The van der Waals surface area contributed by atoms with Crippen molar-refractivity contribution in [2.24, 2.45) is 5.92 Å². The second-order valence-corrected chi connectivity index (χ2v) is 6.23. The van der Waals surface area contributed by atoms with Gasteiger partial charge in [0.1, 0.15) is 6.10 Å². The Kier molecular flexibility index (Phi) is 3.90. The predicted octanol–water partition coefficient (Wildman–Crippen LogP) is 2.85. The normalized spacial score (nSPS) is 23.2. The van der Waals surface area contributed by atoms with Crippen LogP contribution in [0.3, 0.4) is 0 Å². The summed E-state index contributed by atoms with van der Waals surface area (Å²) in [6.07, 6.45) is 7.77. The van der Waals surface area contributed by atoms with E-state index in [1.54, 1.807) is 18.6 Å². The molecule has 2 aliphatic rings. The van der Waals surface area contributed by atoms with Crippen molar-refractivity contribution in [3.8, 4) is 17.0 Å². The Balaban J connectivity index is 1.56. The van der Waals surface area contributed by atoms with Gasteiger partial charge in [0.2, 0.25) is 5.88 Å². The number of hydrogen-bond acceptors (Lipinski definition) is 5. The number of rotatable bonds is 5. The van der Waals surface area contributed by atoms with Crippen molar-refractivity contribution in [3.63, 3.8) is 0 Å². The number of hydrogen-bond donors (Lipinski definition) is 1. The van der Waals surface area contributed by atoms with Gasteiger partial charge in [-0.05, 0) is 31.4 Å². The van der Waals surface area contributed by atoms with Crippen molar-refractivity contribution in [2.45, 2.75) is 31.5 Å². The number of aromatic nitrogens is 2. The van der Waals surface area contributed by atoms with Crippen LogP contribution in [-0.2, 0) is 9.53 Å². The summed E-state index contributed by atoms with van der Waals surface area (Å²) in [5.74, 6) is -0.712. The van der Waals surface area contributed by atoms with Gasteiger partial charge in [-0.25, -0.2) is 4.98 Å². The van der Waals surface area contributed by atoms with E-state index in [0.717, 1.165) is 29.5 Å². The third-order valence-corrected chi connectivity index (χ3v) is 4.38. The van der Waals surface area contributed by atoms with Crippen LogP contribution < -0.4 is 4.74 Å². The van der Waals surface area contributed by atoms with Gasteiger partial charge in [-0.1, -0.05) is 0 Å². The molecule has 2 fully saturated rings. The maximum Gasteiger partial charge on any atom is 0.309 e. The lowest BCUT2D eigenvalue weighted by molar-refractivity contribution is -0.143. The summed E-state index contributed by atoms with van der Waals surface area (Å²) in [5.41, 5.74) is 2.59. The van der Waals surface area contributed by atoms with E-state index in [0.29, 0.717) is 25.0 Å². The molecule has 6 heteroatoms. The molecule has 1 aliphatic heterocycles. The third-order valence-electron chi connectivity index (χ3n) is 4.38. The number of carboxylic acids is 1. The van der Waals surface area contributed by atoms with E-state index in [9.17, 15) is 9.90 Å². The van der Waals surface area contributed by atoms with E-state index in [1.807, 2.05) is 18.2 Å². The summed E-state index contributed by atoms with van der Waals surface area (Å²) in [5, 5.41) is 9.31. The van der Waals surface area contributed by atoms with E-state index < -0.39 is 18.0 Å². The lowest BCUT2D eigenvalue weighted by Crippen LogP contribution is -2.17. The second-order valence-electron chi connectivity index (χ2n) is 6.23. The zero-order valence-corrected chi connectivity index (χ0v) is 13.1. The van der Waals surface area contributed by atoms with Crippen LogP contribution >= 0.6 is 0 Å². The maximum absolute atomic E-state index is 11.3. The summed E-state index contributed by atoms with van der Waals surface area (Å²) in [4.78, 5) is 19.9. The quantitative estimate of drug-likeness (QED) is 0.910. The molecular formula is C18H18N2O4. The highest BCUT2D eigenvalue weighted by Gasteiger charge is 2.35. The first-order valence-electron chi connectivity index (χ1n) is 8.13. The minimum Gasteiger partial charge on any atom is -0.481 e. The lowest BCUT2D eigenvalue weighted by Gasteiger charge is -2.15. The van der Waals surface area contributed by atoms with E-state index in [2.05, 4.69) is 9.97 Å². The number of aliphatic carboxylic acids is 1. The molecule has 6 nitrogen and oxygen atoms in total. The fourth-order valence-corrected chi connectivity index (χ4v) is 2.92. The molecule has 0 unspecified atom stereocenters. The summed E-state index contributed by atoms with van der Waals surface area (Å²) < 4.78 is 11.3. The molecule has 4 rings (SSSR count). The summed E-state index contributed by atoms with van der Waals surface area (Å²) in [7, 11) is 0. The smallest absolute Gasteiger partial charge is 0.309 e. The molecule has 0 radical (unpaired) electrons. The maximum atomic E-state index is 11.3. The number of carboxylic acid groups (broad SMARTS) is 1. The van der Waals surface area contributed by atoms with Crippen LogP contribution in [-0.4, -0.2) is 33.8 Å². The Morgan fingerprint density at radius 3 is 2.75 bits per heavy atom. The number of pyridine rings is 2. The number of nitrogens with zero attached hydrogens (tertiary/aromatic N) is 2. The Labute approximate surface area is 139 Å². The van der Waals surface area contributed by atoms with Crippen molar-refractivity contribution in [2.75, 3.05) is 6.61 Å². The third kappa shape index (κ3) is 3.10. The fraction of sp³-hybridized carbons (Fsp3) is 0.389. The van der Waals surface area contributed by atoms with Crippen LogP contribution in [0.2, 0.25) is 0 Å². The van der Waals surface area contributed by atoms with Crippen LogP contribution in [0.1, 0.15) is 30.9 Å². The molecule has 2 atom stereocenters. The van der Waals surface area contributed by atoms with Gasteiger partial charge in [-0.3, -0.25) is 9.78 Å². The molecule has 1 saturated heterocycles. The summed E-state index contributed by atoms with van der Waals surface area (Å²) in [6.45, 7) is 0.459. The Bertz CT molecular complexity index is 743. The topological polar surface area (TPSA) is 81.5 Å². The van der Waals surface area contributed by atoms with Gasteiger partial charge >= 0.3 is 5.97 Å². The molecule has 24 heavy (non-hydrogen) atoms. The van der Waals surface area contributed by atoms with Gasteiger partial charge in [0.25, 0.3) is 0 Å². The van der Waals surface area contributed by atoms with Gasteiger partial charge < -0.3 is 14.6 Å². The average molecular weight is 326 g/mol. The Morgan fingerprint density at radius 1 is 1.17 bits per heavy atom. The SMILES string of the molecule is O=C(O)[C@@H]1CCO[C@H]1c1cncc(-c2ccc(OC3CC3)nc2)c1. The van der Waals surface area contributed by atoms with Gasteiger partial charge in [0, 0.05) is 48.0 Å². The zero-order valence-electron chi connectivity index (χ0n) is 13.1. The van der Waals surface area contributed by atoms with Crippen LogP contribution in [0, 0.1) is 5.92 Å². The van der Waals surface area contributed by atoms with Crippen molar-refractivity contribution < 1.29 is 19.4 Å². The first-order valence-corrected chi connectivity index (χ1v) is 8.13. The van der Waals surface area contributed by atoms with E-state index in [4.69, 9.17) is 9.47 Å². The first kappa shape index (κ1) is 15.1. The van der Waals surface area contributed by atoms with Crippen molar-refractivity contribution in [1.82, 2.24) is 9.97 Å². The van der Waals surface area contributed by atoms with Crippen LogP contribution in [0.25, 0.3) is 11.1 Å². The monoisotopic (exact) mass is 326 g/mol. The van der Waals surface area contributed by atoms with Gasteiger partial charge in [0.15, 0.2) is 0 Å². The highest BCUT2D eigenvalue weighted by molar-refractivity contribution is 5.71. The molecule has 1 aliphatic carbocycles. The highest BCUT2D eigenvalue weighted by Crippen LogP contribution is 2.36. The molecule has 2 aromatic heterocycles. The van der Waals surface area contributed by atoms with Gasteiger partial charge in [-0.2, -0.15) is 0 Å². The predicted molar refractivity (Wildman–Crippen MR) is 85.6 cm³/mol. The van der Waals surface area contributed by atoms with Gasteiger partial charge in [-0.15, -0.1) is 0 Å². The summed E-state index contributed by atoms with van der Waals surface area (Å²) in [6, 6.07) is 5.72. The van der Waals surface area contributed by atoms with E-state index >= 15 is 0 Å². The zero-order chi connectivity index (χ0) is 16.5. The average Bonchev–Trinajstić information content (AvgIpc) is 3.27. The Morgan fingerprint density at radius 2 is 2.04 bits per heavy atom. The van der Waals surface area contributed by atoms with E-state index in [1.165, 1.54) is 0 Å². The molecule has 1 saturated carbocycles. The lowest BCUT2D eigenvalue weighted by atomic mass is 9.95. The van der Waals surface area contributed by atoms with Crippen molar-refractivity contribution in [3.05, 3.63) is 42.4 Å². The molecule has 2 aromatic rings. The van der Waals surface area contributed by atoms with Crippen LogP contribution in [0.4, 0.5) is 0 Å². The standard InChI is InChI=1S/C18H18N2O4/c21-18(22)15-5-6-23-17(15)13-7-12(8-19-9-13)11-1-4-16(20-10-11)24-14-2-3-14/h1,4,7-10,14-15,17H,2-3,5-6H2,(H,21,22)/t15-,17+/m1/s1. The molecule has 3 heterocycles. The van der Waals surface area contributed by atoms with Crippen LogP contribution in [0.15, 0.2) is 36.8 Å². The van der Waals surface area contributed by atoms with Crippen molar-refractivity contribution in [1.29, 1.82) is 0 Å². The van der Waals surface area contributed by atoms with Crippen molar-refractivity contribution >= 4 is 5.97 Å². The molecule has 0 bridgehead atoms. The number of carbonyl (C=O) groups is 1. The molecule has 0 amide bonds. The number of ether oxygens (including phenoxy) is 2. The van der Waals surface area contributed by atoms with E-state index in [-0.39, 0.29) is 0 Å². The Hall–Kier alpha value is -2.47. The van der Waals surface area contributed by atoms with Gasteiger partial charge in [0.05, 0.1) is 12.0 Å². The molecular weight excluding hydrogens is 308 g/mol. The molecule has 1 N–H and O–H groups in total. The molecule has 0 spiro atoms. The fourth-order valence-electron chi connectivity index (χ4n) is 2.92. The van der Waals surface area contributed by atoms with Crippen LogP contribution in [0.5, 0.6) is 5.88 Å². The molecule has 124 valence electrons. The second kappa shape index (κ2) is 6.20.